The van der Waals surface area contributed by atoms with Gasteiger partial charge in [0.15, 0.2) is 17.3 Å². The highest BCUT2D eigenvalue weighted by molar-refractivity contribution is 5.80. The second-order valence-corrected chi connectivity index (χ2v) is 9.02. The van der Waals surface area contributed by atoms with Gasteiger partial charge < -0.3 is 19.3 Å². The van der Waals surface area contributed by atoms with Crippen LogP contribution >= 0.6 is 0 Å². The van der Waals surface area contributed by atoms with Crippen LogP contribution in [-0.2, 0) is 22.5 Å². The van der Waals surface area contributed by atoms with E-state index in [1.54, 1.807) is 0 Å². The summed E-state index contributed by atoms with van der Waals surface area (Å²) in [5.41, 5.74) is 2.72. The largest absolute Gasteiger partial charge is 0.488 e. The monoisotopic (exact) mass is 468 g/mol. The molecule has 2 aliphatic heterocycles. The Morgan fingerprint density at radius 1 is 0.941 bits per heavy atom. The van der Waals surface area contributed by atoms with Crippen LogP contribution in [0, 0.1) is 0 Å². The lowest BCUT2D eigenvalue weighted by atomic mass is 9.99. The Balaban J connectivity index is 1.15. The van der Waals surface area contributed by atoms with Crippen molar-refractivity contribution in [1.29, 1.82) is 0 Å². The molecule has 2 aliphatic rings. The fraction of sp³-hybridized carbons (Fsp3) is 0.519. The van der Waals surface area contributed by atoms with Crippen molar-refractivity contribution in [3.05, 3.63) is 59.7 Å². The third-order valence-electron chi connectivity index (χ3n) is 6.44. The molecule has 34 heavy (non-hydrogen) atoms. The van der Waals surface area contributed by atoms with Gasteiger partial charge in [-0.05, 0) is 36.1 Å². The van der Waals surface area contributed by atoms with Gasteiger partial charge in [0.05, 0.1) is 19.3 Å². The third-order valence-corrected chi connectivity index (χ3v) is 6.44. The van der Waals surface area contributed by atoms with E-state index in [1.165, 1.54) is 11.1 Å². The van der Waals surface area contributed by atoms with Gasteiger partial charge >= 0.3 is 0 Å². The first-order chi connectivity index (χ1) is 16.7. The molecule has 0 unspecified atom stereocenters. The van der Waals surface area contributed by atoms with Crippen LogP contribution in [0.25, 0.3) is 0 Å². The predicted molar refractivity (Wildman–Crippen MR) is 130 cm³/mol. The number of β-amino-alcohol motifs (C(OH)–C–C–N with tert-alkyl or cyclic N) is 1. The normalized spacial score (nSPS) is 17.7. The first kappa shape index (κ1) is 24.7. The number of ether oxygens (including phenoxy) is 3. The van der Waals surface area contributed by atoms with E-state index in [0.29, 0.717) is 37.5 Å². The number of nitrogens with zero attached hydrogens (tertiary/aromatic N) is 2. The summed E-state index contributed by atoms with van der Waals surface area (Å²) >= 11 is 0. The number of Topliss-reactive ketones (excluding diaryl/α,β-unsaturated/α-hetero) is 1. The number of hydrogen-bond acceptors (Lipinski definition) is 7. The van der Waals surface area contributed by atoms with Crippen molar-refractivity contribution in [2.75, 3.05) is 59.2 Å². The van der Waals surface area contributed by atoms with E-state index < -0.39 is 6.10 Å². The van der Waals surface area contributed by atoms with E-state index in [9.17, 15) is 9.90 Å². The van der Waals surface area contributed by atoms with Crippen molar-refractivity contribution in [2.24, 2.45) is 0 Å². The number of morpholine rings is 1. The molecule has 0 saturated carbocycles. The number of para-hydroxylation sites is 2. The quantitative estimate of drug-likeness (QED) is 0.513. The SMILES string of the molecule is O=C(CC[C@@H](O)CN1CCc2ccccc2C1)COc1ccccc1OCCN1CCOCC1. The van der Waals surface area contributed by atoms with Crippen LogP contribution in [0.3, 0.4) is 0 Å². The summed E-state index contributed by atoms with van der Waals surface area (Å²) in [5.74, 6) is 1.20. The number of carbonyl (C=O) groups excluding carboxylic acids is 1. The molecule has 7 heteroatoms. The molecule has 2 heterocycles. The Hall–Kier alpha value is -2.45. The van der Waals surface area contributed by atoms with Crippen LogP contribution in [0.5, 0.6) is 11.5 Å². The summed E-state index contributed by atoms with van der Waals surface area (Å²) in [6.07, 6.45) is 1.22. The van der Waals surface area contributed by atoms with Gasteiger partial charge in [0.25, 0.3) is 0 Å². The minimum absolute atomic E-state index is 0.0202. The first-order valence-electron chi connectivity index (χ1n) is 12.3. The zero-order valence-corrected chi connectivity index (χ0v) is 19.9. The van der Waals surface area contributed by atoms with Gasteiger partial charge in [-0.1, -0.05) is 36.4 Å². The van der Waals surface area contributed by atoms with E-state index in [1.807, 2.05) is 24.3 Å². The van der Waals surface area contributed by atoms with Crippen LogP contribution < -0.4 is 9.47 Å². The van der Waals surface area contributed by atoms with Crippen molar-refractivity contribution < 1.29 is 24.1 Å². The summed E-state index contributed by atoms with van der Waals surface area (Å²) in [6, 6.07) is 15.9. The Kier molecular flexibility index (Phi) is 9.33. The molecule has 1 N–H and O–H groups in total. The fourth-order valence-electron chi connectivity index (χ4n) is 4.46. The second kappa shape index (κ2) is 12.9. The number of aliphatic hydroxyl groups is 1. The van der Waals surface area contributed by atoms with Crippen molar-refractivity contribution in [3.8, 4) is 11.5 Å². The summed E-state index contributed by atoms with van der Waals surface area (Å²) < 4.78 is 17.0. The van der Waals surface area contributed by atoms with E-state index >= 15 is 0 Å². The van der Waals surface area contributed by atoms with E-state index in [0.717, 1.165) is 52.4 Å². The highest BCUT2D eigenvalue weighted by Crippen LogP contribution is 2.26. The van der Waals surface area contributed by atoms with Crippen molar-refractivity contribution >= 4 is 5.78 Å². The van der Waals surface area contributed by atoms with Crippen LogP contribution in [0.2, 0.25) is 0 Å². The smallest absolute Gasteiger partial charge is 0.170 e. The summed E-state index contributed by atoms with van der Waals surface area (Å²) in [7, 11) is 0. The number of fused-ring (bicyclic) bond motifs is 1. The van der Waals surface area contributed by atoms with Gasteiger partial charge in [0.1, 0.15) is 13.2 Å². The molecule has 1 atom stereocenters. The molecule has 0 radical (unpaired) electrons. The van der Waals surface area contributed by atoms with Gasteiger partial charge in [-0.2, -0.15) is 0 Å². The van der Waals surface area contributed by atoms with Gasteiger partial charge in [0.2, 0.25) is 0 Å². The van der Waals surface area contributed by atoms with Crippen LogP contribution in [0.4, 0.5) is 0 Å². The summed E-state index contributed by atoms with van der Waals surface area (Å²) in [4.78, 5) is 17.0. The summed E-state index contributed by atoms with van der Waals surface area (Å²) in [6.45, 7) is 7.12. The number of rotatable bonds is 12. The molecule has 4 rings (SSSR count). The minimum atomic E-state index is -0.523. The number of aliphatic hydroxyl groups excluding tert-OH is 1. The molecular weight excluding hydrogens is 432 g/mol. The molecule has 0 amide bonds. The molecule has 2 aromatic carbocycles. The highest BCUT2D eigenvalue weighted by Gasteiger charge is 2.19. The molecule has 1 fully saturated rings. The lowest BCUT2D eigenvalue weighted by Gasteiger charge is -2.30. The highest BCUT2D eigenvalue weighted by atomic mass is 16.5. The van der Waals surface area contributed by atoms with Gasteiger partial charge in [0, 0.05) is 45.7 Å². The van der Waals surface area contributed by atoms with Crippen molar-refractivity contribution in [2.45, 2.75) is 31.9 Å². The average molecular weight is 469 g/mol. The Morgan fingerprint density at radius 3 is 2.44 bits per heavy atom. The Morgan fingerprint density at radius 2 is 1.65 bits per heavy atom. The van der Waals surface area contributed by atoms with Crippen molar-refractivity contribution in [3.63, 3.8) is 0 Å². The van der Waals surface area contributed by atoms with Crippen molar-refractivity contribution in [1.82, 2.24) is 9.80 Å². The maximum Gasteiger partial charge on any atom is 0.170 e. The van der Waals surface area contributed by atoms with Gasteiger partial charge in [-0.25, -0.2) is 0 Å². The summed E-state index contributed by atoms with van der Waals surface area (Å²) in [5, 5.41) is 10.5. The lowest BCUT2D eigenvalue weighted by molar-refractivity contribution is -0.121. The average Bonchev–Trinajstić information content (AvgIpc) is 2.87. The van der Waals surface area contributed by atoms with Crippen LogP contribution in [0.15, 0.2) is 48.5 Å². The van der Waals surface area contributed by atoms with E-state index in [4.69, 9.17) is 14.2 Å². The number of benzene rings is 2. The van der Waals surface area contributed by atoms with Gasteiger partial charge in [-0.15, -0.1) is 0 Å². The number of ketones is 1. The molecule has 0 bridgehead atoms. The molecule has 7 nitrogen and oxygen atoms in total. The zero-order chi connectivity index (χ0) is 23.6. The molecule has 1 saturated heterocycles. The molecule has 0 spiro atoms. The number of carbonyl (C=O) groups is 1. The molecule has 184 valence electrons. The topological polar surface area (TPSA) is 71.5 Å². The molecular formula is C27H36N2O5. The number of hydrogen-bond donors (Lipinski definition) is 1. The standard InChI is InChI=1S/C27H36N2O5/c30-24(20-29-12-11-22-5-1-2-6-23(22)19-29)9-10-25(31)21-34-27-8-4-3-7-26(27)33-18-15-28-13-16-32-17-14-28/h1-8,24,30H,9-21H2/t24-/m1/s1. The maximum absolute atomic E-state index is 12.4. The Bertz CT molecular complexity index is 915. The lowest BCUT2D eigenvalue weighted by Crippen LogP contribution is -2.38. The van der Waals surface area contributed by atoms with E-state index in [-0.39, 0.29) is 12.4 Å². The predicted octanol–water partition coefficient (Wildman–Crippen LogP) is 2.54. The Labute approximate surface area is 202 Å². The third kappa shape index (κ3) is 7.53. The first-order valence-corrected chi connectivity index (χ1v) is 12.3. The van der Waals surface area contributed by atoms with Crippen LogP contribution in [0.1, 0.15) is 24.0 Å². The zero-order valence-electron chi connectivity index (χ0n) is 19.9. The van der Waals surface area contributed by atoms with Crippen LogP contribution in [-0.4, -0.2) is 85.9 Å². The molecule has 0 aromatic heterocycles. The molecule has 2 aromatic rings. The van der Waals surface area contributed by atoms with E-state index in [2.05, 4.69) is 34.1 Å². The molecule has 0 aliphatic carbocycles. The minimum Gasteiger partial charge on any atom is -0.488 e. The maximum atomic E-state index is 12.4. The fourth-order valence-corrected chi connectivity index (χ4v) is 4.46. The second-order valence-electron chi connectivity index (χ2n) is 9.02. The van der Waals surface area contributed by atoms with Gasteiger partial charge in [-0.3, -0.25) is 14.6 Å².